The molecule has 0 atom stereocenters. The minimum Gasteiger partial charge on any atom is -0.315 e. The van der Waals surface area contributed by atoms with Crippen LogP contribution in [0.25, 0.3) is 0 Å². The van der Waals surface area contributed by atoms with Crippen LogP contribution in [-0.4, -0.2) is 26.4 Å². The highest BCUT2D eigenvalue weighted by Crippen LogP contribution is 2.40. The third-order valence-corrected chi connectivity index (χ3v) is 6.52. The van der Waals surface area contributed by atoms with Crippen molar-refractivity contribution in [3.05, 3.63) is 34.8 Å². The molecule has 1 aliphatic rings. The Kier molecular flexibility index (Phi) is 3.92. The summed E-state index contributed by atoms with van der Waals surface area (Å²) in [7, 11) is -2.01. The van der Waals surface area contributed by atoms with Crippen molar-refractivity contribution >= 4 is 38.1 Å². The smallest absolute Gasteiger partial charge is 0.263 e. The number of carbonyl (C=O) groups is 1. The van der Waals surface area contributed by atoms with Gasteiger partial charge in [0.2, 0.25) is 5.91 Å². The van der Waals surface area contributed by atoms with E-state index in [0.29, 0.717) is 11.6 Å². The molecule has 0 fully saturated rings. The molecule has 0 saturated carbocycles. The summed E-state index contributed by atoms with van der Waals surface area (Å²) in [5, 5.41) is 2.13. The van der Waals surface area contributed by atoms with Gasteiger partial charge in [-0.1, -0.05) is 13.8 Å². The Labute approximate surface area is 145 Å². The zero-order valence-corrected chi connectivity index (χ0v) is 15.6. The first kappa shape index (κ1) is 16.9. The van der Waals surface area contributed by atoms with Gasteiger partial charge in [0.1, 0.15) is 0 Å². The number of rotatable bonds is 3. The minimum absolute atomic E-state index is 0.0273. The van der Waals surface area contributed by atoms with Crippen LogP contribution < -0.4 is 9.62 Å². The van der Waals surface area contributed by atoms with E-state index in [2.05, 4.69) is 9.71 Å². The number of hydrogen-bond acceptors (Lipinski definition) is 5. The molecule has 0 bridgehead atoms. The number of hydrogen-bond donors (Lipinski definition) is 1. The van der Waals surface area contributed by atoms with Crippen molar-refractivity contribution < 1.29 is 13.2 Å². The largest absolute Gasteiger partial charge is 0.315 e. The number of nitrogens with one attached hydrogen (secondary N) is 1. The van der Waals surface area contributed by atoms with Crippen LogP contribution in [0.15, 0.2) is 28.5 Å². The summed E-state index contributed by atoms with van der Waals surface area (Å²) in [5.41, 5.74) is 1.95. The summed E-state index contributed by atoms with van der Waals surface area (Å²) in [6, 6.07) is 4.86. The van der Waals surface area contributed by atoms with Gasteiger partial charge < -0.3 is 4.90 Å². The molecule has 2 heterocycles. The van der Waals surface area contributed by atoms with E-state index in [1.807, 2.05) is 20.8 Å². The lowest BCUT2D eigenvalue weighted by Gasteiger charge is -2.37. The number of fused-ring (bicyclic) bond motifs is 1. The highest BCUT2D eigenvalue weighted by atomic mass is 32.2. The molecule has 1 aromatic heterocycles. The lowest BCUT2D eigenvalue weighted by Crippen LogP contribution is -2.39. The van der Waals surface area contributed by atoms with Gasteiger partial charge in [0.25, 0.3) is 10.0 Å². The SMILES string of the molecule is Cc1csc(NS(=O)(=O)c2ccc3c(c2)C(C)(C)CC(=O)N3C)n1. The average molecular weight is 365 g/mol. The first-order valence-electron chi connectivity index (χ1n) is 7.46. The normalized spacial score (nSPS) is 16.8. The second-order valence-corrected chi connectivity index (χ2v) is 9.13. The summed E-state index contributed by atoms with van der Waals surface area (Å²) in [6.07, 6.45) is 0.346. The fraction of sp³-hybridized carbons (Fsp3) is 0.375. The molecule has 128 valence electrons. The van der Waals surface area contributed by atoms with E-state index >= 15 is 0 Å². The Morgan fingerprint density at radius 3 is 2.67 bits per heavy atom. The van der Waals surface area contributed by atoms with E-state index in [0.717, 1.165) is 16.9 Å². The molecule has 0 radical (unpaired) electrons. The molecule has 1 aromatic carbocycles. The maximum atomic E-state index is 12.6. The first-order chi connectivity index (χ1) is 11.1. The maximum Gasteiger partial charge on any atom is 0.263 e. The van der Waals surface area contributed by atoms with Crippen molar-refractivity contribution in [1.29, 1.82) is 0 Å². The van der Waals surface area contributed by atoms with E-state index in [9.17, 15) is 13.2 Å². The van der Waals surface area contributed by atoms with Crippen LogP contribution in [0.2, 0.25) is 0 Å². The highest BCUT2D eigenvalue weighted by molar-refractivity contribution is 7.93. The molecular formula is C16H19N3O3S2. The Bertz CT molecular complexity index is 916. The summed E-state index contributed by atoms with van der Waals surface area (Å²) in [6.45, 7) is 5.71. The fourth-order valence-corrected chi connectivity index (χ4v) is 4.78. The van der Waals surface area contributed by atoms with Crippen LogP contribution in [0.4, 0.5) is 10.8 Å². The lowest BCUT2D eigenvalue weighted by molar-refractivity contribution is -0.119. The van der Waals surface area contributed by atoms with Crippen LogP contribution >= 0.6 is 11.3 Å². The summed E-state index contributed by atoms with van der Waals surface area (Å²) >= 11 is 1.25. The van der Waals surface area contributed by atoms with E-state index in [-0.39, 0.29) is 10.8 Å². The Morgan fingerprint density at radius 1 is 1.33 bits per heavy atom. The van der Waals surface area contributed by atoms with Crippen molar-refractivity contribution in [1.82, 2.24) is 4.98 Å². The topological polar surface area (TPSA) is 79.4 Å². The number of aryl methyl sites for hydroxylation is 1. The van der Waals surface area contributed by atoms with Crippen molar-refractivity contribution in [2.75, 3.05) is 16.7 Å². The van der Waals surface area contributed by atoms with E-state index < -0.39 is 15.4 Å². The monoisotopic (exact) mass is 365 g/mol. The standard InChI is InChI=1S/C16H19N3O3S2/c1-10-9-23-15(17-10)18-24(21,22)11-5-6-13-12(7-11)16(2,3)8-14(20)19(13)4/h5-7,9H,8H2,1-4H3,(H,17,18). The van der Waals surface area contributed by atoms with Crippen LogP contribution in [0.3, 0.4) is 0 Å². The van der Waals surface area contributed by atoms with Gasteiger partial charge in [-0.3, -0.25) is 9.52 Å². The molecule has 6 nitrogen and oxygen atoms in total. The number of aromatic nitrogens is 1. The molecule has 0 saturated heterocycles. The van der Waals surface area contributed by atoms with E-state index in [1.165, 1.54) is 17.4 Å². The minimum atomic E-state index is -3.72. The van der Waals surface area contributed by atoms with Gasteiger partial charge in [-0.2, -0.15) is 0 Å². The van der Waals surface area contributed by atoms with Crippen LogP contribution in [-0.2, 0) is 20.2 Å². The van der Waals surface area contributed by atoms with Gasteiger partial charge in [-0.05, 0) is 30.7 Å². The molecule has 8 heteroatoms. The highest BCUT2D eigenvalue weighted by Gasteiger charge is 2.36. The molecule has 0 aliphatic carbocycles. The number of sulfonamides is 1. The van der Waals surface area contributed by atoms with Crippen molar-refractivity contribution in [2.24, 2.45) is 0 Å². The van der Waals surface area contributed by atoms with Gasteiger partial charge in [0.05, 0.1) is 10.6 Å². The Hall–Kier alpha value is -1.93. The Balaban J connectivity index is 2.03. The maximum absolute atomic E-state index is 12.6. The molecule has 3 rings (SSSR count). The molecule has 0 unspecified atom stereocenters. The second-order valence-electron chi connectivity index (χ2n) is 6.59. The van der Waals surface area contributed by atoms with Gasteiger partial charge >= 0.3 is 0 Å². The molecule has 24 heavy (non-hydrogen) atoms. The predicted octanol–water partition coefficient (Wildman–Crippen LogP) is 2.90. The Morgan fingerprint density at radius 2 is 2.04 bits per heavy atom. The van der Waals surface area contributed by atoms with Gasteiger partial charge in [-0.15, -0.1) is 11.3 Å². The molecule has 2 aromatic rings. The average Bonchev–Trinajstić information content (AvgIpc) is 2.88. The number of thiazole rings is 1. The summed E-state index contributed by atoms with van der Waals surface area (Å²) < 4.78 is 27.8. The number of nitrogens with zero attached hydrogens (tertiary/aromatic N) is 2. The van der Waals surface area contributed by atoms with Gasteiger partial charge in [0, 0.05) is 30.0 Å². The van der Waals surface area contributed by atoms with Crippen LogP contribution in [0.1, 0.15) is 31.5 Å². The molecule has 1 N–H and O–H groups in total. The quantitative estimate of drug-likeness (QED) is 0.907. The second kappa shape index (κ2) is 5.56. The number of benzene rings is 1. The first-order valence-corrected chi connectivity index (χ1v) is 9.82. The summed E-state index contributed by atoms with van der Waals surface area (Å²) in [5.74, 6) is 0.0273. The molecule has 1 aliphatic heterocycles. The fourth-order valence-electron chi connectivity index (χ4n) is 2.82. The van der Waals surface area contributed by atoms with Gasteiger partial charge in [0.15, 0.2) is 5.13 Å². The van der Waals surface area contributed by atoms with Crippen molar-refractivity contribution in [3.63, 3.8) is 0 Å². The molecule has 1 amide bonds. The zero-order valence-electron chi connectivity index (χ0n) is 14.0. The third kappa shape index (κ3) is 2.91. The number of carbonyl (C=O) groups excluding carboxylic acids is 1. The summed E-state index contributed by atoms with van der Waals surface area (Å²) in [4.78, 5) is 18.0. The van der Waals surface area contributed by atoms with Crippen molar-refractivity contribution in [2.45, 2.75) is 37.5 Å². The third-order valence-electron chi connectivity index (χ3n) is 4.18. The number of amides is 1. The predicted molar refractivity (Wildman–Crippen MR) is 95.2 cm³/mol. The zero-order chi connectivity index (χ0) is 17.7. The van der Waals surface area contributed by atoms with E-state index in [4.69, 9.17) is 0 Å². The lowest BCUT2D eigenvalue weighted by atomic mass is 9.77. The van der Waals surface area contributed by atoms with Crippen molar-refractivity contribution in [3.8, 4) is 0 Å². The van der Waals surface area contributed by atoms with Crippen LogP contribution in [0.5, 0.6) is 0 Å². The molecule has 0 spiro atoms. The molecular weight excluding hydrogens is 346 g/mol. The van der Waals surface area contributed by atoms with E-state index in [1.54, 1.807) is 29.5 Å². The van der Waals surface area contributed by atoms with Crippen LogP contribution in [0, 0.1) is 6.92 Å². The van der Waals surface area contributed by atoms with Gasteiger partial charge in [-0.25, -0.2) is 13.4 Å². The number of anilines is 2.